The number of hydrogen-bond donors (Lipinski definition) is 0. The van der Waals surface area contributed by atoms with E-state index in [-0.39, 0.29) is 16.9 Å². The van der Waals surface area contributed by atoms with Gasteiger partial charge in [0.05, 0.1) is 6.20 Å². The standard InChI is InChI=1S/C11H16N4O3S/c1-11(2,3)10-14-13-9(18-10)7-15-6-8(5-12-15)19(4,16)17/h5-6H,7H2,1-4H3. The molecule has 0 saturated carbocycles. The third-order valence-corrected chi connectivity index (χ3v) is 3.51. The van der Waals surface area contributed by atoms with Crippen LogP contribution in [0.2, 0.25) is 0 Å². The van der Waals surface area contributed by atoms with Gasteiger partial charge in [-0.15, -0.1) is 10.2 Å². The van der Waals surface area contributed by atoms with Gasteiger partial charge in [0.25, 0.3) is 0 Å². The Balaban J connectivity index is 2.18. The summed E-state index contributed by atoms with van der Waals surface area (Å²) in [7, 11) is -3.24. The molecule has 19 heavy (non-hydrogen) atoms. The van der Waals surface area contributed by atoms with Gasteiger partial charge in [0.2, 0.25) is 11.8 Å². The molecule has 0 bridgehead atoms. The molecule has 2 aromatic rings. The molecule has 0 saturated heterocycles. The van der Waals surface area contributed by atoms with E-state index in [0.717, 1.165) is 6.26 Å². The first kappa shape index (κ1) is 13.7. The molecule has 2 heterocycles. The van der Waals surface area contributed by atoms with Gasteiger partial charge >= 0.3 is 0 Å². The van der Waals surface area contributed by atoms with Crippen molar-refractivity contribution in [2.24, 2.45) is 0 Å². The molecular weight excluding hydrogens is 268 g/mol. The minimum Gasteiger partial charge on any atom is -0.423 e. The zero-order valence-electron chi connectivity index (χ0n) is 11.3. The van der Waals surface area contributed by atoms with Crippen LogP contribution in [0.4, 0.5) is 0 Å². The molecule has 0 aliphatic heterocycles. The molecule has 0 aromatic carbocycles. The summed E-state index contributed by atoms with van der Waals surface area (Å²) in [6.07, 6.45) is 3.88. The van der Waals surface area contributed by atoms with Gasteiger partial charge in [0.1, 0.15) is 11.4 Å². The first-order valence-corrected chi connectivity index (χ1v) is 7.61. The normalized spacial score (nSPS) is 12.8. The Bertz CT molecular complexity index is 679. The van der Waals surface area contributed by atoms with Gasteiger partial charge in [-0.25, -0.2) is 8.42 Å². The molecule has 0 aliphatic rings. The number of aromatic nitrogens is 4. The topological polar surface area (TPSA) is 90.9 Å². The van der Waals surface area contributed by atoms with Crippen LogP contribution in [0, 0.1) is 0 Å². The van der Waals surface area contributed by atoms with Crippen LogP contribution in [0.5, 0.6) is 0 Å². The molecule has 0 N–H and O–H groups in total. The van der Waals surface area contributed by atoms with E-state index in [1.165, 1.54) is 17.1 Å². The Morgan fingerprint density at radius 1 is 1.32 bits per heavy atom. The van der Waals surface area contributed by atoms with E-state index < -0.39 is 9.84 Å². The maximum absolute atomic E-state index is 11.3. The van der Waals surface area contributed by atoms with E-state index in [1.807, 2.05) is 20.8 Å². The molecule has 0 unspecified atom stereocenters. The number of hydrogen-bond acceptors (Lipinski definition) is 6. The smallest absolute Gasteiger partial charge is 0.237 e. The Morgan fingerprint density at radius 2 is 2.00 bits per heavy atom. The molecule has 104 valence electrons. The van der Waals surface area contributed by atoms with Crippen molar-refractivity contribution in [3.63, 3.8) is 0 Å². The fourth-order valence-corrected chi connectivity index (χ4v) is 1.93. The summed E-state index contributed by atoms with van der Waals surface area (Å²) in [4.78, 5) is 0.170. The van der Waals surface area contributed by atoms with Gasteiger partial charge in [0, 0.05) is 17.9 Å². The summed E-state index contributed by atoms with van der Waals surface area (Å²) in [6, 6.07) is 0. The maximum Gasteiger partial charge on any atom is 0.237 e. The average molecular weight is 284 g/mol. The lowest BCUT2D eigenvalue weighted by Crippen LogP contribution is -2.11. The lowest BCUT2D eigenvalue weighted by Gasteiger charge is -2.10. The third-order valence-electron chi connectivity index (χ3n) is 2.44. The van der Waals surface area contributed by atoms with Gasteiger partial charge in [-0.2, -0.15) is 5.10 Å². The van der Waals surface area contributed by atoms with E-state index in [4.69, 9.17) is 4.42 Å². The van der Waals surface area contributed by atoms with Crippen LogP contribution in [0.25, 0.3) is 0 Å². The molecule has 0 radical (unpaired) electrons. The summed E-state index contributed by atoms with van der Waals surface area (Å²) >= 11 is 0. The lowest BCUT2D eigenvalue weighted by molar-refractivity contribution is 0.363. The summed E-state index contributed by atoms with van der Waals surface area (Å²) in [6.45, 7) is 6.17. The Hall–Kier alpha value is -1.70. The van der Waals surface area contributed by atoms with Crippen LogP contribution in [0.3, 0.4) is 0 Å². The summed E-state index contributed by atoms with van der Waals surface area (Å²) in [5.74, 6) is 0.936. The van der Waals surface area contributed by atoms with Gasteiger partial charge in [-0.3, -0.25) is 4.68 Å². The van der Waals surface area contributed by atoms with Crippen molar-refractivity contribution >= 4 is 9.84 Å². The predicted molar refractivity (Wildman–Crippen MR) is 67.4 cm³/mol. The van der Waals surface area contributed by atoms with E-state index >= 15 is 0 Å². The van der Waals surface area contributed by atoms with Crippen LogP contribution in [-0.4, -0.2) is 34.7 Å². The van der Waals surface area contributed by atoms with Gasteiger partial charge in [-0.05, 0) is 0 Å². The number of rotatable bonds is 3. The van der Waals surface area contributed by atoms with E-state index in [2.05, 4.69) is 15.3 Å². The average Bonchev–Trinajstić information content (AvgIpc) is 2.84. The fraction of sp³-hybridized carbons (Fsp3) is 0.545. The van der Waals surface area contributed by atoms with Crippen molar-refractivity contribution in [3.05, 3.63) is 24.2 Å². The summed E-state index contributed by atoms with van der Waals surface area (Å²) < 4.78 is 29.6. The van der Waals surface area contributed by atoms with Crippen LogP contribution in [-0.2, 0) is 21.8 Å². The SMILES string of the molecule is CC(C)(C)c1nnc(Cn2cc(S(C)(=O)=O)cn2)o1. The van der Waals surface area contributed by atoms with Crippen molar-refractivity contribution in [1.29, 1.82) is 0 Å². The van der Waals surface area contributed by atoms with Gasteiger partial charge in [0.15, 0.2) is 9.84 Å². The van der Waals surface area contributed by atoms with Crippen LogP contribution >= 0.6 is 0 Å². The highest BCUT2D eigenvalue weighted by Gasteiger charge is 2.21. The molecule has 0 atom stereocenters. The highest BCUT2D eigenvalue weighted by Crippen LogP contribution is 2.20. The van der Waals surface area contributed by atoms with Crippen molar-refractivity contribution < 1.29 is 12.8 Å². The minimum atomic E-state index is -3.24. The quantitative estimate of drug-likeness (QED) is 0.835. The third kappa shape index (κ3) is 3.19. The zero-order chi connectivity index (χ0) is 14.3. The highest BCUT2D eigenvalue weighted by molar-refractivity contribution is 7.90. The van der Waals surface area contributed by atoms with Gasteiger partial charge in [-0.1, -0.05) is 20.8 Å². The second-order valence-corrected chi connectivity index (χ2v) is 7.41. The van der Waals surface area contributed by atoms with Crippen molar-refractivity contribution in [3.8, 4) is 0 Å². The van der Waals surface area contributed by atoms with Crippen LogP contribution in [0.1, 0.15) is 32.6 Å². The van der Waals surface area contributed by atoms with Crippen molar-refractivity contribution in [1.82, 2.24) is 20.0 Å². The fourth-order valence-electron chi connectivity index (χ4n) is 1.38. The number of sulfone groups is 1. The molecule has 0 aliphatic carbocycles. The van der Waals surface area contributed by atoms with Crippen molar-refractivity contribution in [2.45, 2.75) is 37.6 Å². The highest BCUT2D eigenvalue weighted by atomic mass is 32.2. The Kier molecular flexibility index (Phi) is 3.21. The molecule has 0 fully saturated rings. The minimum absolute atomic E-state index is 0.170. The summed E-state index contributed by atoms with van der Waals surface area (Å²) in [5, 5.41) is 11.8. The second kappa shape index (κ2) is 4.44. The van der Waals surface area contributed by atoms with Crippen LogP contribution < -0.4 is 0 Å². The second-order valence-electron chi connectivity index (χ2n) is 5.40. The predicted octanol–water partition coefficient (Wildman–Crippen LogP) is 1.02. The molecular formula is C11H16N4O3S. The largest absolute Gasteiger partial charge is 0.423 e. The molecule has 2 aromatic heterocycles. The number of nitrogens with zero attached hydrogens (tertiary/aromatic N) is 4. The molecule has 8 heteroatoms. The van der Waals surface area contributed by atoms with Crippen molar-refractivity contribution in [2.75, 3.05) is 6.26 Å². The Morgan fingerprint density at radius 3 is 2.47 bits per heavy atom. The van der Waals surface area contributed by atoms with E-state index in [0.29, 0.717) is 11.8 Å². The first-order chi connectivity index (χ1) is 8.66. The van der Waals surface area contributed by atoms with Gasteiger partial charge < -0.3 is 4.42 Å². The first-order valence-electron chi connectivity index (χ1n) is 5.71. The van der Waals surface area contributed by atoms with E-state index in [1.54, 1.807) is 0 Å². The molecule has 0 amide bonds. The Labute approximate surface area is 111 Å². The van der Waals surface area contributed by atoms with Crippen LogP contribution in [0.15, 0.2) is 21.7 Å². The lowest BCUT2D eigenvalue weighted by atomic mass is 9.97. The van der Waals surface area contributed by atoms with E-state index in [9.17, 15) is 8.42 Å². The molecule has 0 spiro atoms. The monoisotopic (exact) mass is 284 g/mol. The molecule has 2 rings (SSSR count). The maximum atomic E-state index is 11.3. The molecule has 7 nitrogen and oxygen atoms in total. The zero-order valence-corrected chi connectivity index (χ0v) is 12.1. The summed E-state index contributed by atoms with van der Waals surface area (Å²) in [5.41, 5.74) is -0.215.